The first-order valence-corrected chi connectivity index (χ1v) is 10.0. The number of nitrogens with one attached hydrogen (secondary N) is 1. The minimum absolute atomic E-state index is 0.0727. The zero-order chi connectivity index (χ0) is 19.6. The maximum Gasteiger partial charge on any atom is 0.293 e. The molecule has 1 fully saturated rings. The zero-order valence-corrected chi connectivity index (χ0v) is 15.8. The quantitative estimate of drug-likeness (QED) is 0.621. The van der Waals surface area contributed by atoms with Gasteiger partial charge in [0.25, 0.3) is 15.7 Å². The predicted molar refractivity (Wildman–Crippen MR) is 103 cm³/mol. The molecule has 0 aliphatic carbocycles. The number of rotatable bonds is 5. The lowest BCUT2D eigenvalue weighted by molar-refractivity contribution is -0.384. The number of morpholine rings is 1. The Hall–Kier alpha value is -2.65. The Morgan fingerprint density at radius 3 is 2.33 bits per heavy atom. The number of ether oxygens (including phenoxy) is 1. The Balaban J connectivity index is 1.95. The van der Waals surface area contributed by atoms with Crippen molar-refractivity contribution in [2.45, 2.75) is 31.0 Å². The number of hydrogen-bond donors (Lipinski definition) is 1. The fraction of sp³-hybridized carbons (Fsp3) is 0.333. The van der Waals surface area contributed by atoms with Gasteiger partial charge in [-0.2, -0.15) is 0 Å². The molecule has 0 amide bonds. The van der Waals surface area contributed by atoms with Gasteiger partial charge < -0.3 is 9.64 Å². The molecule has 27 heavy (non-hydrogen) atoms. The highest BCUT2D eigenvalue weighted by atomic mass is 32.2. The molecule has 3 rings (SSSR count). The zero-order valence-electron chi connectivity index (χ0n) is 15.0. The molecule has 8 nitrogen and oxygen atoms in total. The number of benzene rings is 2. The van der Waals surface area contributed by atoms with Gasteiger partial charge in [0, 0.05) is 24.8 Å². The van der Waals surface area contributed by atoms with E-state index in [-0.39, 0.29) is 22.8 Å². The van der Waals surface area contributed by atoms with Gasteiger partial charge in [-0.25, -0.2) is 8.42 Å². The molecule has 0 spiro atoms. The minimum Gasteiger partial charge on any atom is -0.372 e. The number of nitro benzene ring substituents is 1. The fourth-order valence-corrected chi connectivity index (χ4v) is 4.26. The summed E-state index contributed by atoms with van der Waals surface area (Å²) >= 11 is 0. The Kier molecular flexibility index (Phi) is 5.33. The lowest BCUT2D eigenvalue weighted by Gasteiger charge is -2.36. The first-order valence-electron chi connectivity index (χ1n) is 8.53. The van der Waals surface area contributed by atoms with Crippen LogP contribution in [-0.2, 0) is 14.8 Å². The molecule has 144 valence electrons. The van der Waals surface area contributed by atoms with Crippen molar-refractivity contribution in [2.24, 2.45) is 0 Å². The summed E-state index contributed by atoms with van der Waals surface area (Å²) in [6, 6.07) is 12.4. The molecular weight excluding hydrogens is 370 g/mol. The summed E-state index contributed by atoms with van der Waals surface area (Å²) in [7, 11) is -3.94. The minimum atomic E-state index is -3.94. The number of hydrogen-bond acceptors (Lipinski definition) is 6. The molecule has 0 saturated carbocycles. The molecule has 0 radical (unpaired) electrons. The third-order valence-corrected chi connectivity index (χ3v) is 5.62. The van der Waals surface area contributed by atoms with Gasteiger partial charge in [-0.15, -0.1) is 0 Å². The van der Waals surface area contributed by atoms with E-state index >= 15 is 0 Å². The number of nitrogens with zero attached hydrogens (tertiary/aromatic N) is 2. The van der Waals surface area contributed by atoms with Crippen molar-refractivity contribution in [1.29, 1.82) is 0 Å². The average Bonchev–Trinajstić information content (AvgIpc) is 2.60. The number of anilines is 2. The van der Waals surface area contributed by atoms with Crippen LogP contribution >= 0.6 is 0 Å². The first kappa shape index (κ1) is 19.1. The van der Waals surface area contributed by atoms with Crippen LogP contribution in [0.3, 0.4) is 0 Å². The second-order valence-electron chi connectivity index (χ2n) is 6.54. The molecule has 2 aromatic rings. The summed E-state index contributed by atoms with van der Waals surface area (Å²) in [5.74, 6) is 0. The van der Waals surface area contributed by atoms with Crippen LogP contribution in [0, 0.1) is 10.1 Å². The van der Waals surface area contributed by atoms with Crippen molar-refractivity contribution in [2.75, 3.05) is 22.7 Å². The Morgan fingerprint density at radius 2 is 1.74 bits per heavy atom. The van der Waals surface area contributed by atoms with Crippen LogP contribution in [0.5, 0.6) is 0 Å². The van der Waals surface area contributed by atoms with Gasteiger partial charge >= 0.3 is 0 Å². The van der Waals surface area contributed by atoms with Crippen LogP contribution < -0.4 is 9.62 Å². The van der Waals surface area contributed by atoms with Gasteiger partial charge in [-0.05, 0) is 38.1 Å². The predicted octanol–water partition coefficient (Wildman–Crippen LogP) is 3.01. The molecule has 0 bridgehead atoms. The van der Waals surface area contributed by atoms with Crippen molar-refractivity contribution in [3.05, 3.63) is 58.6 Å². The average molecular weight is 391 g/mol. The van der Waals surface area contributed by atoms with E-state index in [1.807, 2.05) is 18.7 Å². The van der Waals surface area contributed by atoms with E-state index < -0.39 is 14.9 Å². The largest absolute Gasteiger partial charge is 0.372 e. The normalized spacial score (nSPS) is 20.3. The Bertz CT molecular complexity index is 923. The Labute approximate surface area is 158 Å². The summed E-state index contributed by atoms with van der Waals surface area (Å²) in [4.78, 5) is 12.7. The van der Waals surface area contributed by atoms with E-state index in [4.69, 9.17) is 4.74 Å². The number of nitro groups is 1. The van der Waals surface area contributed by atoms with E-state index in [1.54, 1.807) is 30.3 Å². The molecule has 2 atom stereocenters. The van der Waals surface area contributed by atoms with Gasteiger partial charge in [-0.1, -0.05) is 18.2 Å². The summed E-state index contributed by atoms with van der Waals surface area (Å²) in [6.45, 7) is 4.80. The molecular formula is C18H21N3O5S. The molecule has 2 aromatic carbocycles. The highest BCUT2D eigenvalue weighted by molar-refractivity contribution is 7.92. The molecule has 9 heteroatoms. The standard InChI is InChI=1S/C18H21N3O5S/c1-13-11-20(12-14(2)26-13)17-9-8-16(10-18(17)21(22)23)27(24,25)19-15-6-4-3-5-7-15/h3-10,13-14,19H,11-12H2,1-2H3/t13-,14-/m1/s1. The van der Waals surface area contributed by atoms with Gasteiger partial charge in [0.2, 0.25) is 0 Å². The van der Waals surface area contributed by atoms with Gasteiger partial charge in [0.15, 0.2) is 0 Å². The van der Waals surface area contributed by atoms with Crippen LogP contribution in [0.4, 0.5) is 17.1 Å². The summed E-state index contributed by atoms with van der Waals surface area (Å²) < 4.78 is 33.3. The van der Waals surface area contributed by atoms with E-state index in [0.717, 1.165) is 6.07 Å². The topological polar surface area (TPSA) is 102 Å². The third-order valence-electron chi connectivity index (χ3n) is 4.24. The summed E-state index contributed by atoms with van der Waals surface area (Å²) in [5, 5.41) is 11.6. The van der Waals surface area contributed by atoms with Crippen LogP contribution in [0.15, 0.2) is 53.4 Å². The van der Waals surface area contributed by atoms with Gasteiger partial charge in [-0.3, -0.25) is 14.8 Å². The van der Waals surface area contributed by atoms with Crippen molar-refractivity contribution in [3.63, 3.8) is 0 Å². The molecule has 0 unspecified atom stereocenters. The second kappa shape index (κ2) is 7.53. The SMILES string of the molecule is C[C@@H]1CN(c2ccc(S(=O)(=O)Nc3ccccc3)cc2[N+](=O)[O-])C[C@@H](C)O1. The molecule has 1 aliphatic heterocycles. The molecule has 1 N–H and O–H groups in total. The van der Waals surface area contributed by atoms with Crippen molar-refractivity contribution in [3.8, 4) is 0 Å². The maximum absolute atomic E-state index is 12.6. The lowest BCUT2D eigenvalue weighted by Crippen LogP contribution is -2.45. The smallest absolute Gasteiger partial charge is 0.293 e. The molecule has 1 saturated heterocycles. The molecule has 1 aliphatic rings. The van der Waals surface area contributed by atoms with E-state index in [0.29, 0.717) is 24.5 Å². The first-order chi connectivity index (χ1) is 12.8. The highest BCUT2D eigenvalue weighted by Crippen LogP contribution is 2.33. The van der Waals surface area contributed by atoms with E-state index in [9.17, 15) is 18.5 Å². The Morgan fingerprint density at radius 1 is 1.11 bits per heavy atom. The van der Waals surface area contributed by atoms with E-state index in [1.165, 1.54) is 12.1 Å². The van der Waals surface area contributed by atoms with Crippen LogP contribution in [0.25, 0.3) is 0 Å². The second-order valence-corrected chi connectivity index (χ2v) is 8.22. The third kappa shape index (κ3) is 4.37. The van der Waals surface area contributed by atoms with Crippen LogP contribution in [0.1, 0.15) is 13.8 Å². The number of sulfonamides is 1. The van der Waals surface area contributed by atoms with Crippen LogP contribution in [0.2, 0.25) is 0 Å². The summed E-state index contributed by atoms with van der Waals surface area (Å²) in [6.07, 6.45) is -0.145. The highest BCUT2D eigenvalue weighted by Gasteiger charge is 2.29. The number of para-hydroxylation sites is 1. The van der Waals surface area contributed by atoms with Crippen molar-refractivity contribution < 1.29 is 18.1 Å². The lowest BCUT2D eigenvalue weighted by atomic mass is 10.2. The van der Waals surface area contributed by atoms with E-state index in [2.05, 4.69) is 4.72 Å². The monoisotopic (exact) mass is 391 g/mol. The molecule has 1 heterocycles. The van der Waals surface area contributed by atoms with Crippen molar-refractivity contribution >= 4 is 27.1 Å². The van der Waals surface area contributed by atoms with Crippen LogP contribution in [-0.4, -0.2) is 38.6 Å². The maximum atomic E-state index is 12.6. The molecule has 0 aromatic heterocycles. The van der Waals surface area contributed by atoms with Crippen molar-refractivity contribution in [1.82, 2.24) is 0 Å². The van der Waals surface area contributed by atoms with Gasteiger partial charge in [0.05, 0.1) is 22.0 Å². The summed E-state index contributed by atoms with van der Waals surface area (Å²) in [5.41, 5.74) is 0.535. The fourth-order valence-electron chi connectivity index (χ4n) is 3.18. The van der Waals surface area contributed by atoms with Gasteiger partial charge in [0.1, 0.15) is 5.69 Å².